The Bertz CT molecular complexity index is 334. The number of nitrogens with one attached hydrogen (secondary N) is 2. The molecule has 0 aromatic rings. The Morgan fingerprint density at radius 1 is 1.13 bits per heavy atom. The first-order valence-electron chi connectivity index (χ1n) is 8.82. The highest BCUT2D eigenvalue weighted by Gasteiger charge is 2.31. The van der Waals surface area contributed by atoms with E-state index in [9.17, 15) is 0 Å². The van der Waals surface area contributed by atoms with E-state index in [0.29, 0.717) is 6.04 Å². The van der Waals surface area contributed by atoms with Gasteiger partial charge in [-0.25, -0.2) is 0 Å². The van der Waals surface area contributed by atoms with Crippen molar-refractivity contribution in [2.45, 2.75) is 32.2 Å². The molecule has 0 radical (unpaired) electrons. The van der Waals surface area contributed by atoms with Crippen LogP contribution in [0, 0.1) is 0 Å². The van der Waals surface area contributed by atoms with Gasteiger partial charge in [0.2, 0.25) is 0 Å². The summed E-state index contributed by atoms with van der Waals surface area (Å²) in [6.45, 7) is 11.9. The fourth-order valence-electron chi connectivity index (χ4n) is 3.08. The predicted octanol–water partition coefficient (Wildman–Crippen LogP) is 0.976. The van der Waals surface area contributed by atoms with Crippen molar-refractivity contribution >= 4 is 29.9 Å². The van der Waals surface area contributed by atoms with E-state index in [1.54, 1.807) is 0 Å². The molecule has 3 fully saturated rings. The van der Waals surface area contributed by atoms with Gasteiger partial charge >= 0.3 is 0 Å². The molecule has 1 unspecified atom stereocenters. The van der Waals surface area contributed by atoms with E-state index in [4.69, 9.17) is 4.74 Å². The predicted molar refractivity (Wildman–Crippen MR) is 107 cm³/mol. The number of hydrogen-bond donors (Lipinski definition) is 2. The molecular formula is C16H34IN5O. The second kappa shape index (κ2) is 12.3. The molecule has 0 spiro atoms. The number of unbranched alkanes of at least 4 members (excludes halogenated alkanes) is 1. The van der Waals surface area contributed by atoms with Gasteiger partial charge in [0.25, 0.3) is 0 Å². The summed E-state index contributed by atoms with van der Waals surface area (Å²) in [6, 6.07) is 0.624. The fraction of sp³-hybridized carbons (Fsp3) is 0.938. The molecular weight excluding hydrogens is 405 g/mol. The van der Waals surface area contributed by atoms with Crippen molar-refractivity contribution in [3.8, 4) is 0 Å². The summed E-state index contributed by atoms with van der Waals surface area (Å²) in [5.74, 6) is 0.909. The fourth-order valence-corrected chi connectivity index (χ4v) is 3.08. The minimum absolute atomic E-state index is 0. The molecule has 0 amide bonds. The highest BCUT2D eigenvalue weighted by atomic mass is 127. The zero-order chi connectivity index (χ0) is 15.6. The smallest absolute Gasteiger partial charge is 0.191 e. The molecule has 3 saturated heterocycles. The average molecular weight is 439 g/mol. The van der Waals surface area contributed by atoms with E-state index in [1.165, 1.54) is 39.1 Å². The molecule has 6 nitrogen and oxygen atoms in total. The number of hydrogen-bond acceptors (Lipinski definition) is 4. The minimum atomic E-state index is 0. The lowest BCUT2D eigenvalue weighted by Crippen LogP contribution is -2.63. The molecule has 0 saturated carbocycles. The van der Waals surface area contributed by atoms with Crippen molar-refractivity contribution in [2.24, 2.45) is 4.99 Å². The van der Waals surface area contributed by atoms with Gasteiger partial charge in [0.05, 0.1) is 0 Å². The Morgan fingerprint density at radius 3 is 2.48 bits per heavy atom. The summed E-state index contributed by atoms with van der Waals surface area (Å²) in [5, 5.41) is 6.84. The van der Waals surface area contributed by atoms with Gasteiger partial charge in [-0.3, -0.25) is 14.8 Å². The Balaban J connectivity index is 0.00000264. The van der Waals surface area contributed by atoms with Gasteiger partial charge < -0.3 is 15.4 Å². The zero-order valence-electron chi connectivity index (χ0n) is 14.7. The van der Waals surface area contributed by atoms with Crippen LogP contribution in [0.3, 0.4) is 0 Å². The zero-order valence-corrected chi connectivity index (χ0v) is 17.1. The van der Waals surface area contributed by atoms with Crippen LogP contribution in [0.25, 0.3) is 0 Å². The van der Waals surface area contributed by atoms with Crippen LogP contribution in [0.15, 0.2) is 4.99 Å². The number of guanidine groups is 1. The van der Waals surface area contributed by atoms with Gasteiger partial charge in [0.15, 0.2) is 5.96 Å². The largest absolute Gasteiger partial charge is 0.381 e. The summed E-state index contributed by atoms with van der Waals surface area (Å²) < 4.78 is 5.57. The van der Waals surface area contributed by atoms with E-state index >= 15 is 0 Å². The van der Waals surface area contributed by atoms with Crippen LogP contribution in [0.1, 0.15) is 26.2 Å². The number of aliphatic imine (C=N–C) groups is 1. The molecule has 136 valence electrons. The average Bonchev–Trinajstić information content (AvgIpc) is 2.58. The molecule has 0 aromatic carbocycles. The van der Waals surface area contributed by atoms with Crippen LogP contribution >= 0.6 is 24.0 Å². The van der Waals surface area contributed by atoms with E-state index < -0.39 is 0 Å². The van der Waals surface area contributed by atoms with Gasteiger partial charge in [0.1, 0.15) is 0 Å². The number of halogens is 1. The molecule has 3 heterocycles. The molecule has 0 aromatic heterocycles. The lowest BCUT2D eigenvalue weighted by molar-refractivity contribution is 0.0154. The van der Waals surface area contributed by atoms with Crippen LogP contribution in [0.2, 0.25) is 0 Å². The third kappa shape index (κ3) is 7.53. The second-order valence-electron chi connectivity index (χ2n) is 6.19. The van der Waals surface area contributed by atoms with E-state index in [2.05, 4.69) is 32.3 Å². The van der Waals surface area contributed by atoms with Crippen molar-refractivity contribution in [3.63, 3.8) is 0 Å². The van der Waals surface area contributed by atoms with Gasteiger partial charge in [0, 0.05) is 72.1 Å². The van der Waals surface area contributed by atoms with Crippen molar-refractivity contribution in [1.82, 2.24) is 20.4 Å². The molecule has 7 heteroatoms. The minimum Gasteiger partial charge on any atom is -0.381 e. The first-order valence-corrected chi connectivity index (χ1v) is 8.82. The van der Waals surface area contributed by atoms with Crippen LogP contribution in [-0.4, -0.2) is 87.9 Å². The van der Waals surface area contributed by atoms with E-state index in [1.807, 2.05) is 7.05 Å². The first-order chi connectivity index (χ1) is 10.8. The van der Waals surface area contributed by atoms with Crippen molar-refractivity contribution < 1.29 is 4.74 Å². The maximum absolute atomic E-state index is 5.57. The summed E-state index contributed by atoms with van der Waals surface area (Å²) in [4.78, 5) is 9.47. The third-order valence-corrected chi connectivity index (χ3v) is 4.52. The Labute approximate surface area is 158 Å². The second-order valence-corrected chi connectivity index (χ2v) is 6.19. The van der Waals surface area contributed by atoms with Crippen LogP contribution in [0.4, 0.5) is 0 Å². The Morgan fingerprint density at radius 2 is 1.87 bits per heavy atom. The van der Waals surface area contributed by atoms with Gasteiger partial charge in [-0.2, -0.15) is 0 Å². The molecule has 3 rings (SSSR count). The highest BCUT2D eigenvalue weighted by molar-refractivity contribution is 14.0. The SMILES string of the molecule is CCCCOCCCNC(=NC)NCC1CN2CCN1CC2.I. The summed E-state index contributed by atoms with van der Waals surface area (Å²) >= 11 is 0. The van der Waals surface area contributed by atoms with Crippen LogP contribution in [0.5, 0.6) is 0 Å². The molecule has 2 N–H and O–H groups in total. The van der Waals surface area contributed by atoms with Crippen molar-refractivity contribution in [1.29, 1.82) is 0 Å². The topological polar surface area (TPSA) is 52.1 Å². The Hall–Kier alpha value is -0.120. The summed E-state index contributed by atoms with van der Waals surface area (Å²) in [7, 11) is 1.84. The Kier molecular flexibility index (Phi) is 11.2. The van der Waals surface area contributed by atoms with Gasteiger partial charge in [-0.05, 0) is 12.8 Å². The number of rotatable bonds is 9. The van der Waals surface area contributed by atoms with Crippen molar-refractivity contribution in [3.05, 3.63) is 0 Å². The number of nitrogens with zero attached hydrogens (tertiary/aromatic N) is 3. The summed E-state index contributed by atoms with van der Waals surface area (Å²) in [6.07, 6.45) is 3.38. The number of fused-ring (bicyclic) bond motifs is 3. The lowest BCUT2D eigenvalue weighted by Gasteiger charge is -2.47. The maximum Gasteiger partial charge on any atom is 0.191 e. The molecule has 0 aliphatic carbocycles. The maximum atomic E-state index is 5.57. The number of ether oxygens (including phenoxy) is 1. The molecule has 3 aliphatic rings. The molecule has 3 aliphatic heterocycles. The molecule has 23 heavy (non-hydrogen) atoms. The van der Waals surface area contributed by atoms with Crippen LogP contribution in [-0.2, 0) is 4.74 Å². The lowest BCUT2D eigenvalue weighted by atomic mass is 10.1. The normalized spacial score (nSPS) is 26.7. The quantitative estimate of drug-likeness (QED) is 0.243. The standard InChI is InChI=1S/C16H33N5O.HI/c1-3-4-11-22-12-5-6-18-16(17-2)19-13-15-14-20-7-9-21(15)10-8-20;/h15H,3-14H2,1-2H3,(H2,17,18,19);1H. The van der Waals surface area contributed by atoms with Gasteiger partial charge in [-0.15, -0.1) is 24.0 Å². The monoisotopic (exact) mass is 439 g/mol. The molecule has 2 bridgehead atoms. The van der Waals surface area contributed by atoms with Crippen molar-refractivity contribution in [2.75, 3.05) is 66.1 Å². The van der Waals surface area contributed by atoms with Crippen LogP contribution < -0.4 is 10.6 Å². The highest BCUT2D eigenvalue weighted by Crippen LogP contribution is 2.14. The van der Waals surface area contributed by atoms with E-state index in [-0.39, 0.29) is 24.0 Å². The van der Waals surface area contributed by atoms with E-state index in [0.717, 1.165) is 45.1 Å². The number of piperazine rings is 3. The third-order valence-electron chi connectivity index (χ3n) is 4.52. The molecule has 1 atom stereocenters. The summed E-state index contributed by atoms with van der Waals surface area (Å²) in [5.41, 5.74) is 0. The first kappa shape index (κ1) is 20.9. The van der Waals surface area contributed by atoms with Gasteiger partial charge in [-0.1, -0.05) is 13.3 Å².